The van der Waals surface area contributed by atoms with E-state index in [2.05, 4.69) is 10.1 Å². The Labute approximate surface area is 162 Å². The van der Waals surface area contributed by atoms with Crippen molar-refractivity contribution < 1.29 is 4.79 Å². The number of aryl methyl sites for hydroxylation is 3. The van der Waals surface area contributed by atoms with E-state index in [4.69, 9.17) is 0 Å². The fourth-order valence-electron chi connectivity index (χ4n) is 3.06. The van der Waals surface area contributed by atoms with Gasteiger partial charge in [-0.15, -0.1) is 0 Å². The summed E-state index contributed by atoms with van der Waals surface area (Å²) in [5.74, 6) is 0.248. The molecule has 0 radical (unpaired) electrons. The Morgan fingerprint density at radius 2 is 1.64 bits per heavy atom. The molecule has 0 N–H and O–H groups in total. The van der Waals surface area contributed by atoms with Crippen molar-refractivity contribution in [3.63, 3.8) is 0 Å². The second kappa shape index (κ2) is 6.29. The molecule has 28 heavy (non-hydrogen) atoms. The predicted molar refractivity (Wildman–Crippen MR) is 106 cm³/mol. The van der Waals surface area contributed by atoms with E-state index in [-0.39, 0.29) is 23.5 Å². The summed E-state index contributed by atoms with van der Waals surface area (Å²) in [5, 5.41) is 4.50. The molecule has 0 fully saturated rings. The summed E-state index contributed by atoms with van der Waals surface area (Å²) < 4.78 is 5.57. The highest BCUT2D eigenvalue weighted by atomic mass is 16.2. The first-order valence-electron chi connectivity index (χ1n) is 9.09. The maximum absolute atomic E-state index is 13.1. The van der Waals surface area contributed by atoms with Crippen LogP contribution in [-0.2, 0) is 25.4 Å². The largest absolute Gasteiger partial charge is 0.332 e. The molecule has 0 aliphatic carbocycles. The quantitative estimate of drug-likeness (QED) is 0.673. The minimum atomic E-state index is -0.655. The molecule has 0 spiro atoms. The van der Waals surface area contributed by atoms with E-state index >= 15 is 0 Å². The minimum absolute atomic E-state index is 0.192. The van der Waals surface area contributed by atoms with Crippen LogP contribution in [-0.4, -0.2) is 34.2 Å². The molecule has 0 aliphatic rings. The van der Waals surface area contributed by atoms with Crippen LogP contribution in [0.1, 0.15) is 37.7 Å². The van der Waals surface area contributed by atoms with Gasteiger partial charge in [-0.3, -0.25) is 18.7 Å². The molecule has 9 heteroatoms. The number of hydrogen-bond acceptors (Lipinski definition) is 5. The molecule has 150 valence electrons. The van der Waals surface area contributed by atoms with Crippen LogP contribution in [0, 0.1) is 26.2 Å². The van der Waals surface area contributed by atoms with Gasteiger partial charge in [0, 0.05) is 25.2 Å². The first kappa shape index (κ1) is 19.8. The zero-order valence-corrected chi connectivity index (χ0v) is 17.6. The number of fused-ring (bicyclic) bond motifs is 1. The molecule has 3 aromatic heterocycles. The predicted octanol–water partition coefficient (Wildman–Crippen LogP) is 1.16. The van der Waals surface area contributed by atoms with E-state index < -0.39 is 16.7 Å². The van der Waals surface area contributed by atoms with Gasteiger partial charge in [0.1, 0.15) is 0 Å². The fraction of sp³-hybridized carbons (Fsp3) is 0.526. The van der Waals surface area contributed by atoms with Gasteiger partial charge >= 0.3 is 5.69 Å². The van der Waals surface area contributed by atoms with E-state index in [0.29, 0.717) is 5.95 Å². The fourth-order valence-corrected chi connectivity index (χ4v) is 3.06. The van der Waals surface area contributed by atoms with Crippen LogP contribution in [0.2, 0.25) is 0 Å². The van der Waals surface area contributed by atoms with Gasteiger partial charge in [0.05, 0.1) is 12.2 Å². The Morgan fingerprint density at radius 1 is 1.04 bits per heavy atom. The molecular weight excluding hydrogens is 360 g/mol. The first-order valence-corrected chi connectivity index (χ1v) is 9.09. The molecule has 0 bridgehead atoms. The van der Waals surface area contributed by atoms with E-state index in [1.54, 1.807) is 44.1 Å². The summed E-state index contributed by atoms with van der Waals surface area (Å²) in [6.07, 6.45) is 0. The molecule has 0 aromatic carbocycles. The van der Waals surface area contributed by atoms with Gasteiger partial charge in [-0.25, -0.2) is 9.48 Å². The molecule has 0 saturated heterocycles. The van der Waals surface area contributed by atoms with Gasteiger partial charge in [-0.2, -0.15) is 10.1 Å². The van der Waals surface area contributed by atoms with Crippen LogP contribution in [0.3, 0.4) is 0 Å². The molecular formula is C19H26N6O3. The van der Waals surface area contributed by atoms with Gasteiger partial charge in [-0.05, 0) is 26.3 Å². The zero-order valence-electron chi connectivity index (χ0n) is 17.6. The SMILES string of the molecule is Cc1nn(-c2nc3c(c(=O)n(CC(=O)C(C)(C)C)c(=O)n3C)n2C)c(C)c1C. The Balaban J connectivity index is 2.31. The number of aromatic nitrogens is 6. The van der Waals surface area contributed by atoms with Gasteiger partial charge in [0.25, 0.3) is 5.56 Å². The van der Waals surface area contributed by atoms with Crippen molar-refractivity contribution in [2.24, 2.45) is 19.5 Å². The van der Waals surface area contributed by atoms with Gasteiger partial charge in [0.15, 0.2) is 16.9 Å². The Morgan fingerprint density at radius 3 is 2.14 bits per heavy atom. The van der Waals surface area contributed by atoms with Crippen molar-refractivity contribution >= 4 is 16.9 Å². The average Bonchev–Trinajstić information content (AvgIpc) is 3.07. The molecule has 9 nitrogen and oxygen atoms in total. The molecule has 0 unspecified atom stereocenters. The highest BCUT2D eigenvalue weighted by Gasteiger charge is 2.26. The summed E-state index contributed by atoms with van der Waals surface area (Å²) in [4.78, 5) is 42.8. The summed E-state index contributed by atoms with van der Waals surface area (Å²) in [6.45, 7) is 10.8. The van der Waals surface area contributed by atoms with Crippen LogP contribution >= 0.6 is 0 Å². The second-order valence-corrected chi connectivity index (χ2v) is 8.26. The molecule has 3 aromatic rings. The molecule has 3 rings (SSSR count). The smallest absolute Gasteiger partial charge is 0.306 e. The minimum Gasteiger partial charge on any atom is -0.306 e. The third-order valence-corrected chi connectivity index (χ3v) is 5.32. The van der Waals surface area contributed by atoms with E-state index in [9.17, 15) is 14.4 Å². The number of nitrogens with zero attached hydrogens (tertiary/aromatic N) is 6. The van der Waals surface area contributed by atoms with Crippen LogP contribution in [0.25, 0.3) is 17.1 Å². The lowest BCUT2D eigenvalue weighted by molar-refractivity contribution is -0.127. The van der Waals surface area contributed by atoms with Crippen molar-refractivity contribution in [1.82, 2.24) is 28.5 Å². The van der Waals surface area contributed by atoms with Crippen molar-refractivity contribution in [1.29, 1.82) is 0 Å². The summed E-state index contributed by atoms with van der Waals surface area (Å²) in [5.41, 5.74) is 1.57. The second-order valence-electron chi connectivity index (χ2n) is 8.26. The normalized spacial score (nSPS) is 12.1. The molecule has 0 atom stereocenters. The maximum atomic E-state index is 13.1. The number of ketones is 1. The van der Waals surface area contributed by atoms with E-state index in [1.165, 1.54) is 4.57 Å². The number of hydrogen-bond donors (Lipinski definition) is 0. The van der Waals surface area contributed by atoms with Gasteiger partial charge < -0.3 is 4.57 Å². The Kier molecular flexibility index (Phi) is 4.44. The third kappa shape index (κ3) is 2.81. The van der Waals surface area contributed by atoms with Crippen LogP contribution in [0.5, 0.6) is 0 Å². The number of Topliss-reactive ketones (excluding diaryl/α,β-unsaturated/α-hetero) is 1. The lowest BCUT2D eigenvalue weighted by atomic mass is 9.91. The average molecular weight is 386 g/mol. The first-order chi connectivity index (χ1) is 12.9. The standard InChI is InChI=1S/C19H26N6O3/c1-10-11(2)21-25(12(10)3)17-20-15-14(22(17)7)16(27)24(18(28)23(15)8)9-13(26)19(4,5)6/h9H2,1-8H3. The van der Waals surface area contributed by atoms with Crippen molar-refractivity contribution in [3.05, 3.63) is 37.8 Å². The lowest BCUT2D eigenvalue weighted by Crippen LogP contribution is -2.43. The van der Waals surface area contributed by atoms with Crippen molar-refractivity contribution in [2.75, 3.05) is 0 Å². The van der Waals surface area contributed by atoms with Crippen LogP contribution < -0.4 is 11.2 Å². The molecule has 0 saturated carbocycles. The number of carbonyl (C=O) groups is 1. The maximum Gasteiger partial charge on any atom is 0.332 e. The molecule has 0 aliphatic heterocycles. The number of carbonyl (C=O) groups excluding carboxylic acids is 1. The van der Waals surface area contributed by atoms with Gasteiger partial charge in [0.2, 0.25) is 5.95 Å². The van der Waals surface area contributed by atoms with Crippen molar-refractivity contribution in [3.8, 4) is 5.95 Å². The lowest BCUT2D eigenvalue weighted by Gasteiger charge is -2.17. The highest BCUT2D eigenvalue weighted by molar-refractivity contribution is 5.83. The Hall–Kier alpha value is -2.97. The topological polar surface area (TPSA) is 96.7 Å². The number of rotatable bonds is 3. The van der Waals surface area contributed by atoms with E-state index in [0.717, 1.165) is 21.5 Å². The third-order valence-electron chi connectivity index (χ3n) is 5.32. The molecule has 0 amide bonds. The van der Waals surface area contributed by atoms with Crippen LogP contribution in [0.4, 0.5) is 0 Å². The van der Waals surface area contributed by atoms with Gasteiger partial charge in [-0.1, -0.05) is 20.8 Å². The zero-order chi connectivity index (χ0) is 21.1. The van der Waals surface area contributed by atoms with Crippen molar-refractivity contribution in [2.45, 2.75) is 48.1 Å². The number of imidazole rings is 1. The summed E-state index contributed by atoms with van der Waals surface area (Å²) >= 11 is 0. The Bertz CT molecular complexity index is 1230. The highest BCUT2D eigenvalue weighted by Crippen LogP contribution is 2.19. The van der Waals surface area contributed by atoms with Crippen LogP contribution in [0.15, 0.2) is 9.59 Å². The summed E-state index contributed by atoms with van der Waals surface area (Å²) in [7, 11) is 3.25. The molecule has 3 heterocycles. The monoisotopic (exact) mass is 386 g/mol. The van der Waals surface area contributed by atoms with E-state index in [1.807, 2.05) is 20.8 Å². The summed E-state index contributed by atoms with van der Waals surface area (Å²) in [6, 6.07) is 0.